The summed E-state index contributed by atoms with van der Waals surface area (Å²) in [6.45, 7) is 4.30. The standard InChI is InChI=1S/C22H22FN5O4/c1-3-20(29)24-16-5-4-6-17(13-16)25-21-19(23)14-28(30)22(27-21)26-15-7-9-18(10-8-15)32-12-11-31-2/h3-10,13-14,30H,1,11-12H2,2H3,(H2,24,25,26,27,29)/p+1. The molecule has 0 saturated carbocycles. The maximum atomic E-state index is 14.4. The highest BCUT2D eigenvalue weighted by atomic mass is 19.1. The van der Waals surface area contributed by atoms with Crippen LogP contribution in [0.1, 0.15) is 0 Å². The Morgan fingerprint density at radius 1 is 1.16 bits per heavy atom. The zero-order valence-electron chi connectivity index (χ0n) is 17.3. The van der Waals surface area contributed by atoms with Gasteiger partial charge in [0.05, 0.1) is 12.3 Å². The third-order valence-corrected chi connectivity index (χ3v) is 4.14. The zero-order chi connectivity index (χ0) is 22.9. The third-order valence-electron chi connectivity index (χ3n) is 4.14. The van der Waals surface area contributed by atoms with E-state index in [2.05, 4.69) is 27.5 Å². The molecule has 0 saturated heterocycles. The van der Waals surface area contributed by atoms with Crippen LogP contribution in [0.15, 0.2) is 67.4 Å². The second-order valence-electron chi connectivity index (χ2n) is 6.50. The summed E-state index contributed by atoms with van der Waals surface area (Å²) < 4.78 is 25.4. The first-order valence-electron chi connectivity index (χ1n) is 9.59. The molecule has 1 heterocycles. The summed E-state index contributed by atoms with van der Waals surface area (Å²) in [5.74, 6) is -0.625. The van der Waals surface area contributed by atoms with Gasteiger partial charge in [-0.25, -0.2) is 5.32 Å². The van der Waals surface area contributed by atoms with Crippen molar-refractivity contribution in [2.24, 2.45) is 0 Å². The number of methoxy groups -OCH3 is 1. The molecule has 3 aromatic rings. The SMILES string of the molecule is C=CC(=O)Nc1cccc(Nc2nc(Nc3ccc(OCCOC)cc3)[n+](O)cc2F)c1. The van der Waals surface area contributed by atoms with Crippen LogP contribution in [0.3, 0.4) is 0 Å². The van der Waals surface area contributed by atoms with Crippen LogP contribution in [0.2, 0.25) is 0 Å². The third kappa shape index (κ3) is 6.16. The first kappa shape index (κ1) is 22.5. The van der Waals surface area contributed by atoms with Gasteiger partial charge in [0.1, 0.15) is 12.4 Å². The number of rotatable bonds is 10. The van der Waals surface area contributed by atoms with E-state index < -0.39 is 5.82 Å². The number of carbonyl (C=O) groups is 1. The minimum absolute atomic E-state index is 0.0157. The van der Waals surface area contributed by atoms with Gasteiger partial charge in [-0.3, -0.25) is 4.79 Å². The van der Waals surface area contributed by atoms with Crippen LogP contribution in [0.5, 0.6) is 5.75 Å². The molecule has 10 heteroatoms. The fourth-order valence-corrected chi connectivity index (χ4v) is 2.62. The van der Waals surface area contributed by atoms with Gasteiger partial charge >= 0.3 is 5.95 Å². The van der Waals surface area contributed by atoms with E-state index in [1.54, 1.807) is 55.6 Å². The van der Waals surface area contributed by atoms with Crippen molar-refractivity contribution in [2.75, 3.05) is 36.3 Å². The molecular weight excluding hydrogens is 417 g/mol. The monoisotopic (exact) mass is 440 g/mol. The number of halogens is 1. The summed E-state index contributed by atoms with van der Waals surface area (Å²) in [5, 5.41) is 18.4. The Labute approximate surface area is 184 Å². The molecule has 0 unspecified atom stereocenters. The van der Waals surface area contributed by atoms with Crippen LogP contribution in [0, 0.1) is 5.82 Å². The number of aromatic nitrogens is 2. The molecule has 0 atom stereocenters. The molecule has 2 aromatic carbocycles. The molecule has 0 aliphatic carbocycles. The Morgan fingerprint density at radius 2 is 1.91 bits per heavy atom. The van der Waals surface area contributed by atoms with Gasteiger partial charge in [-0.1, -0.05) is 17.4 Å². The van der Waals surface area contributed by atoms with Gasteiger partial charge < -0.3 is 25.3 Å². The van der Waals surface area contributed by atoms with Crippen LogP contribution in [-0.4, -0.2) is 36.4 Å². The number of ether oxygens (including phenoxy) is 2. The second-order valence-corrected chi connectivity index (χ2v) is 6.50. The molecule has 0 aliphatic rings. The average Bonchev–Trinajstić information content (AvgIpc) is 2.78. The summed E-state index contributed by atoms with van der Waals surface area (Å²) in [7, 11) is 1.59. The second kappa shape index (κ2) is 10.7. The van der Waals surface area contributed by atoms with Crippen LogP contribution in [0.4, 0.5) is 33.2 Å². The maximum Gasteiger partial charge on any atom is 0.435 e. The highest BCUT2D eigenvalue weighted by molar-refractivity contribution is 5.99. The first-order valence-corrected chi connectivity index (χ1v) is 9.59. The van der Waals surface area contributed by atoms with Crippen molar-refractivity contribution in [2.45, 2.75) is 0 Å². The number of carbonyl (C=O) groups excluding carboxylic acids is 1. The van der Waals surface area contributed by atoms with E-state index in [1.807, 2.05) is 0 Å². The van der Waals surface area contributed by atoms with Gasteiger partial charge in [-0.2, -0.15) is 4.39 Å². The molecule has 1 aromatic heterocycles. The number of benzene rings is 2. The highest BCUT2D eigenvalue weighted by Gasteiger charge is 2.20. The molecular formula is C22H23FN5O4+. The van der Waals surface area contributed by atoms with E-state index in [4.69, 9.17) is 9.47 Å². The van der Waals surface area contributed by atoms with Gasteiger partial charge in [0.15, 0.2) is 6.20 Å². The number of hydrogen-bond acceptors (Lipinski definition) is 7. The van der Waals surface area contributed by atoms with E-state index in [-0.39, 0.29) is 17.7 Å². The smallest absolute Gasteiger partial charge is 0.435 e. The van der Waals surface area contributed by atoms with Crippen molar-refractivity contribution in [1.82, 2.24) is 4.98 Å². The van der Waals surface area contributed by atoms with Gasteiger partial charge in [0.25, 0.3) is 0 Å². The van der Waals surface area contributed by atoms with Gasteiger partial charge in [-0.05, 0) is 53.5 Å². The summed E-state index contributed by atoms with van der Waals surface area (Å²) in [4.78, 5) is 15.6. The Balaban J connectivity index is 1.74. The van der Waals surface area contributed by atoms with E-state index in [9.17, 15) is 14.4 Å². The lowest BCUT2D eigenvalue weighted by Gasteiger charge is -2.09. The number of amides is 1. The molecule has 32 heavy (non-hydrogen) atoms. The van der Waals surface area contributed by atoms with Crippen molar-refractivity contribution in [3.05, 3.63) is 73.2 Å². The zero-order valence-corrected chi connectivity index (χ0v) is 17.3. The van der Waals surface area contributed by atoms with Crippen LogP contribution < -0.4 is 25.4 Å². The fourth-order valence-electron chi connectivity index (χ4n) is 2.62. The lowest BCUT2D eigenvalue weighted by atomic mass is 10.2. The minimum atomic E-state index is -0.777. The van der Waals surface area contributed by atoms with E-state index in [0.29, 0.717) is 40.8 Å². The maximum absolute atomic E-state index is 14.4. The molecule has 4 N–H and O–H groups in total. The lowest BCUT2D eigenvalue weighted by molar-refractivity contribution is -0.895. The largest absolute Gasteiger partial charge is 0.491 e. The summed E-state index contributed by atoms with van der Waals surface area (Å²) in [6, 6.07) is 13.6. The predicted molar refractivity (Wildman–Crippen MR) is 117 cm³/mol. The molecule has 0 radical (unpaired) electrons. The molecule has 0 fully saturated rings. The van der Waals surface area contributed by atoms with Crippen molar-refractivity contribution in [3.8, 4) is 5.75 Å². The molecule has 3 rings (SSSR count). The quantitative estimate of drug-likeness (QED) is 0.166. The minimum Gasteiger partial charge on any atom is -0.491 e. The van der Waals surface area contributed by atoms with Crippen LogP contribution in [-0.2, 0) is 9.53 Å². The Bertz CT molecular complexity index is 1090. The van der Waals surface area contributed by atoms with Crippen molar-refractivity contribution in [3.63, 3.8) is 0 Å². The van der Waals surface area contributed by atoms with E-state index in [1.165, 1.54) is 0 Å². The van der Waals surface area contributed by atoms with Crippen LogP contribution in [0.25, 0.3) is 0 Å². The van der Waals surface area contributed by atoms with Crippen molar-refractivity contribution in [1.29, 1.82) is 0 Å². The van der Waals surface area contributed by atoms with E-state index in [0.717, 1.165) is 12.3 Å². The number of anilines is 5. The highest BCUT2D eigenvalue weighted by Crippen LogP contribution is 2.23. The average molecular weight is 440 g/mol. The summed E-state index contributed by atoms with van der Waals surface area (Å²) >= 11 is 0. The Morgan fingerprint density at radius 3 is 2.62 bits per heavy atom. The fraction of sp³-hybridized carbons (Fsp3) is 0.136. The Hall–Kier alpha value is -4.18. The molecule has 166 valence electrons. The number of nitrogens with zero attached hydrogens (tertiary/aromatic N) is 2. The molecule has 0 aliphatic heterocycles. The van der Waals surface area contributed by atoms with Gasteiger partial charge in [0, 0.05) is 18.5 Å². The van der Waals surface area contributed by atoms with Crippen molar-refractivity contribution >= 4 is 34.7 Å². The van der Waals surface area contributed by atoms with Gasteiger partial charge in [-0.15, -0.1) is 0 Å². The number of hydrogen-bond donors (Lipinski definition) is 4. The predicted octanol–water partition coefficient (Wildman–Crippen LogP) is 3.38. The molecule has 0 bridgehead atoms. The summed E-state index contributed by atoms with van der Waals surface area (Å²) in [5.41, 5.74) is 1.59. The molecule has 0 spiro atoms. The molecule has 1 amide bonds. The summed E-state index contributed by atoms with van der Waals surface area (Å²) in [6.07, 6.45) is 2.03. The molecule has 9 nitrogen and oxygen atoms in total. The number of nitrogens with one attached hydrogen (secondary N) is 3. The lowest BCUT2D eigenvalue weighted by Crippen LogP contribution is -2.35. The van der Waals surface area contributed by atoms with Crippen molar-refractivity contribution < 1.29 is 28.6 Å². The first-order chi connectivity index (χ1) is 15.5. The topological polar surface area (TPSA) is 109 Å². The van der Waals surface area contributed by atoms with E-state index >= 15 is 0 Å². The normalized spacial score (nSPS) is 10.3. The Kier molecular flexibility index (Phi) is 7.55. The van der Waals surface area contributed by atoms with Gasteiger partial charge in [0.2, 0.25) is 17.5 Å². The van der Waals surface area contributed by atoms with Crippen LogP contribution >= 0.6 is 0 Å².